The van der Waals surface area contributed by atoms with Gasteiger partial charge in [0.25, 0.3) is 15.9 Å². The second-order valence-electron chi connectivity index (χ2n) is 6.63. The van der Waals surface area contributed by atoms with E-state index in [0.717, 1.165) is 18.2 Å². The SMILES string of the molecule is CCOc1ccc(NS(=O)(=O)c2cc(NC(=O)c3ccc(F)c(F)c3)ccc2C)cc1. The highest BCUT2D eigenvalue weighted by molar-refractivity contribution is 7.92. The molecular weight excluding hydrogens is 426 g/mol. The Bertz CT molecular complexity index is 1210. The van der Waals surface area contributed by atoms with Crippen LogP contribution in [0.15, 0.2) is 65.6 Å². The van der Waals surface area contributed by atoms with Crippen molar-refractivity contribution in [2.24, 2.45) is 0 Å². The smallest absolute Gasteiger partial charge is 0.262 e. The van der Waals surface area contributed by atoms with Crippen LogP contribution in [0.25, 0.3) is 0 Å². The molecule has 3 aromatic rings. The first-order chi connectivity index (χ1) is 14.7. The van der Waals surface area contributed by atoms with E-state index in [4.69, 9.17) is 4.74 Å². The summed E-state index contributed by atoms with van der Waals surface area (Å²) >= 11 is 0. The van der Waals surface area contributed by atoms with Crippen LogP contribution in [-0.2, 0) is 10.0 Å². The quantitative estimate of drug-likeness (QED) is 0.550. The Morgan fingerprint density at radius 3 is 2.26 bits per heavy atom. The molecule has 0 unspecified atom stereocenters. The third-order valence-electron chi connectivity index (χ3n) is 4.33. The molecule has 0 bridgehead atoms. The number of hydrogen-bond donors (Lipinski definition) is 2. The van der Waals surface area contributed by atoms with Crippen molar-refractivity contribution < 1.29 is 26.7 Å². The number of hydrogen-bond acceptors (Lipinski definition) is 4. The summed E-state index contributed by atoms with van der Waals surface area (Å²) in [6, 6.07) is 13.5. The highest BCUT2D eigenvalue weighted by Crippen LogP contribution is 2.24. The number of carbonyl (C=O) groups excluding carboxylic acids is 1. The first-order valence-corrected chi connectivity index (χ1v) is 10.8. The van der Waals surface area contributed by atoms with E-state index in [0.29, 0.717) is 23.6 Å². The molecule has 0 saturated carbocycles. The number of benzene rings is 3. The van der Waals surface area contributed by atoms with Crippen LogP contribution < -0.4 is 14.8 Å². The Morgan fingerprint density at radius 1 is 0.935 bits per heavy atom. The van der Waals surface area contributed by atoms with Crippen LogP contribution in [-0.4, -0.2) is 20.9 Å². The fraction of sp³-hybridized carbons (Fsp3) is 0.136. The summed E-state index contributed by atoms with van der Waals surface area (Å²) in [5.41, 5.74) is 0.895. The van der Waals surface area contributed by atoms with E-state index < -0.39 is 27.6 Å². The summed E-state index contributed by atoms with van der Waals surface area (Å²) in [6.45, 7) is 3.96. The molecule has 3 rings (SSSR count). The fourth-order valence-electron chi connectivity index (χ4n) is 2.80. The molecule has 0 heterocycles. The molecule has 0 saturated heterocycles. The Morgan fingerprint density at radius 2 is 1.61 bits per heavy atom. The van der Waals surface area contributed by atoms with Gasteiger partial charge in [-0.3, -0.25) is 9.52 Å². The molecule has 0 aromatic heterocycles. The van der Waals surface area contributed by atoms with Crippen molar-refractivity contribution in [3.8, 4) is 5.75 Å². The summed E-state index contributed by atoms with van der Waals surface area (Å²) in [6.07, 6.45) is 0. The zero-order valence-electron chi connectivity index (χ0n) is 16.8. The second-order valence-corrected chi connectivity index (χ2v) is 8.28. The van der Waals surface area contributed by atoms with Gasteiger partial charge in [0, 0.05) is 16.9 Å². The van der Waals surface area contributed by atoms with Crippen LogP contribution in [0.2, 0.25) is 0 Å². The summed E-state index contributed by atoms with van der Waals surface area (Å²) in [4.78, 5) is 12.3. The number of carbonyl (C=O) groups is 1. The van der Waals surface area contributed by atoms with Gasteiger partial charge in [-0.1, -0.05) is 6.07 Å². The summed E-state index contributed by atoms with van der Waals surface area (Å²) in [5.74, 6) is -2.31. The van der Waals surface area contributed by atoms with Crippen LogP contribution in [0.5, 0.6) is 5.75 Å². The molecule has 0 spiro atoms. The molecule has 1 amide bonds. The van der Waals surface area contributed by atoms with E-state index in [1.807, 2.05) is 6.92 Å². The van der Waals surface area contributed by atoms with Gasteiger partial charge >= 0.3 is 0 Å². The average Bonchev–Trinajstić information content (AvgIpc) is 2.72. The fourth-order valence-corrected chi connectivity index (χ4v) is 4.13. The van der Waals surface area contributed by atoms with Gasteiger partial charge in [-0.05, 0) is 74.0 Å². The minimum absolute atomic E-state index is 0.0375. The number of amides is 1. The number of anilines is 2. The summed E-state index contributed by atoms with van der Waals surface area (Å²) < 4.78 is 60.0. The van der Waals surface area contributed by atoms with E-state index in [2.05, 4.69) is 10.0 Å². The van der Waals surface area contributed by atoms with Crippen molar-refractivity contribution in [3.63, 3.8) is 0 Å². The highest BCUT2D eigenvalue weighted by Gasteiger charge is 2.19. The van der Waals surface area contributed by atoms with Crippen molar-refractivity contribution >= 4 is 27.3 Å². The predicted octanol–water partition coefficient (Wildman–Crippen LogP) is 4.73. The Balaban J connectivity index is 1.82. The molecule has 3 aromatic carbocycles. The molecule has 6 nitrogen and oxygen atoms in total. The number of ether oxygens (including phenoxy) is 1. The number of aryl methyl sites for hydroxylation is 1. The Labute approximate surface area is 178 Å². The molecule has 31 heavy (non-hydrogen) atoms. The monoisotopic (exact) mass is 446 g/mol. The molecule has 0 fully saturated rings. The van der Waals surface area contributed by atoms with Crippen molar-refractivity contribution in [2.45, 2.75) is 18.7 Å². The first kappa shape index (κ1) is 22.2. The lowest BCUT2D eigenvalue weighted by Crippen LogP contribution is -2.16. The molecule has 0 aliphatic heterocycles. The molecular formula is C22H20F2N2O4S. The summed E-state index contributed by atoms with van der Waals surface area (Å²) in [7, 11) is -3.96. The minimum Gasteiger partial charge on any atom is -0.494 e. The van der Waals surface area contributed by atoms with E-state index in [9.17, 15) is 22.0 Å². The van der Waals surface area contributed by atoms with E-state index in [-0.39, 0.29) is 16.1 Å². The van der Waals surface area contributed by atoms with Crippen molar-refractivity contribution in [1.29, 1.82) is 0 Å². The lowest BCUT2D eigenvalue weighted by Gasteiger charge is -2.13. The van der Waals surface area contributed by atoms with Gasteiger partial charge in [0.05, 0.1) is 11.5 Å². The van der Waals surface area contributed by atoms with Crippen LogP contribution in [0.3, 0.4) is 0 Å². The maximum absolute atomic E-state index is 13.4. The number of sulfonamides is 1. The van der Waals surface area contributed by atoms with E-state index in [1.165, 1.54) is 18.2 Å². The van der Waals surface area contributed by atoms with Crippen LogP contribution in [0.4, 0.5) is 20.2 Å². The second kappa shape index (κ2) is 9.13. The zero-order valence-corrected chi connectivity index (χ0v) is 17.6. The largest absolute Gasteiger partial charge is 0.494 e. The molecule has 162 valence electrons. The van der Waals surface area contributed by atoms with E-state index >= 15 is 0 Å². The van der Waals surface area contributed by atoms with Gasteiger partial charge in [0.1, 0.15) is 5.75 Å². The third kappa shape index (κ3) is 5.37. The van der Waals surface area contributed by atoms with Crippen LogP contribution >= 0.6 is 0 Å². The van der Waals surface area contributed by atoms with Gasteiger partial charge < -0.3 is 10.1 Å². The molecule has 0 aliphatic carbocycles. The topological polar surface area (TPSA) is 84.5 Å². The number of nitrogens with one attached hydrogen (secondary N) is 2. The zero-order chi connectivity index (χ0) is 22.6. The van der Waals surface area contributed by atoms with E-state index in [1.54, 1.807) is 31.2 Å². The minimum atomic E-state index is -3.96. The van der Waals surface area contributed by atoms with Crippen LogP contribution in [0, 0.1) is 18.6 Å². The maximum Gasteiger partial charge on any atom is 0.262 e. The molecule has 0 radical (unpaired) electrons. The van der Waals surface area contributed by atoms with Gasteiger partial charge in [0.15, 0.2) is 11.6 Å². The Hall–Kier alpha value is -3.46. The molecule has 9 heteroatoms. The standard InChI is InChI=1S/C22H20F2N2O4S/c1-3-30-18-9-7-16(8-10-18)26-31(28,29)21-13-17(6-4-14(21)2)25-22(27)15-5-11-19(23)20(24)12-15/h4-13,26H,3H2,1-2H3,(H,25,27). The number of rotatable bonds is 7. The maximum atomic E-state index is 13.4. The van der Waals surface area contributed by atoms with Crippen molar-refractivity contribution in [2.75, 3.05) is 16.6 Å². The van der Waals surface area contributed by atoms with Crippen molar-refractivity contribution in [1.82, 2.24) is 0 Å². The van der Waals surface area contributed by atoms with Gasteiger partial charge in [-0.2, -0.15) is 0 Å². The lowest BCUT2D eigenvalue weighted by atomic mass is 10.2. The first-order valence-electron chi connectivity index (χ1n) is 9.32. The number of halogens is 2. The highest BCUT2D eigenvalue weighted by atomic mass is 32.2. The predicted molar refractivity (Wildman–Crippen MR) is 114 cm³/mol. The molecule has 0 atom stereocenters. The third-order valence-corrected chi connectivity index (χ3v) is 5.86. The average molecular weight is 446 g/mol. The Kier molecular flexibility index (Phi) is 6.55. The normalized spacial score (nSPS) is 11.1. The molecule has 0 aliphatic rings. The lowest BCUT2D eigenvalue weighted by molar-refractivity contribution is 0.102. The van der Waals surface area contributed by atoms with Gasteiger partial charge in [-0.25, -0.2) is 17.2 Å². The van der Waals surface area contributed by atoms with Gasteiger partial charge in [0.2, 0.25) is 0 Å². The van der Waals surface area contributed by atoms with Crippen molar-refractivity contribution in [3.05, 3.63) is 83.4 Å². The van der Waals surface area contributed by atoms with Gasteiger partial charge in [-0.15, -0.1) is 0 Å². The van der Waals surface area contributed by atoms with Crippen LogP contribution in [0.1, 0.15) is 22.8 Å². The summed E-state index contributed by atoms with van der Waals surface area (Å²) in [5, 5.41) is 2.49. The molecule has 2 N–H and O–H groups in total.